The van der Waals surface area contributed by atoms with Gasteiger partial charge in [-0.25, -0.2) is 0 Å². The zero-order valence-corrected chi connectivity index (χ0v) is 14.7. The molecule has 0 fully saturated rings. The van der Waals surface area contributed by atoms with Gasteiger partial charge in [-0.1, -0.05) is 84.9 Å². The van der Waals surface area contributed by atoms with Gasteiger partial charge in [0.05, 0.1) is 0 Å². The summed E-state index contributed by atoms with van der Waals surface area (Å²) in [6.45, 7) is 17.7. The van der Waals surface area contributed by atoms with Crippen LogP contribution in [-0.2, 0) is 6.42 Å². The van der Waals surface area contributed by atoms with Crippen molar-refractivity contribution in [3.63, 3.8) is 0 Å². The second kappa shape index (κ2) is 12.9. The number of hydrogen-bond acceptors (Lipinski definition) is 1. The van der Waals surface area contributed by atoms with Gasteiger partial charge in [0, 0.05) is 0 Å². The van der Waals surface area contributed by atoms with Gasteiger partial charge in [-0.3, -0.25) is 0 Å². The maximum Gasteiger partial charge on any atom is -0.000313 e. The van der Waals surface area contributed by atoms with Crippen molar-refractivity contribution >= 4 is 6.08 Å². The van der Waals surface area contributed by atoms with Crippen molar-refractivity contribution in [3.05, 3.63) is 42.0 Å². The predicted octanol–water partition coefficient (Wildman–Crippen LogP) is 5.56. The van der Waals surface area contributed by atoms with E-state index in [1.807, 2.05) is 27.0 Å². The first-order chi connectivity index (χ1) is 9.44. The zero-order valence-electron chi connectivity index (χ0n) is 14.7. The molecule has 0 saturated carbocycles. The molecule has 0 aliphatic rings. The molecule has 0 aliphatic heterocycles. The van der Waals surface area contributed by atoms with Crippen LogP contribution < -0.4 is 5.32 Å². The number of hydrogen-bond donors (Lipinski definition) is 1. The second-order valence-corrected chi connectivity index (χ2v) is 5.74. The highest BCUT2D eigenvalue weighted by atomic mass is 14.8. The van der Waals surface area contributed by atoms with Crippen molar-refractivity contribution in [2.24, 2.45) is 5.41 Å². The molecule has 0 aromatic heterocycles. The van der Waals surface area contributed by atoms with Crippen LogP contribution >= 0.6 is 0 Å². The van der Waals surface area contributed by atoms with Gasteiger partial charge >= 0.3 is 0 Å². The molecule has 0 atom stereocenters. The van der Waals surface area contributed by atoms with Gasteiger partial charge in [-0.2, -0.15) is 0 Å². The first kappa shape index (κ1) is 21.2. The van der Waals surface area contributed by atoms with Crippen molar-refractivity contribution in [3.8, 4) is 0 Å². The first-order valence-electron chi connectivity index (χ1n) is 7.79. The van der Waals surface area contributed by atoms with Crippen LogP contribution in [0.2, 0.25) is 0 Å². The molecule has 1 nitrogen and oxygen atoms in total. The molecule has 1 aromatic rings. The van der Waals surface area contributed by atoms with E-state index in [1.54, 1.807) is 0 Å². The largest absolute Gasteiger partial charge is 0.319 e. The topological polar surface area (TPSA) is 12.0 Å². The summed E-state index contributed by atoms with van der Waals surface area (Å²) in [4.78, 5) is 0. The number of nitrogens with one attached hydrogen (secondary N) is 1. The van der Waals surface area contributed by atoms with E-state index in [2.05, 4.69) is 63.9 Å². The molecule has 0 unspecified atom stereocenters. The Morgan fingerprint density at radius 3 is 2.05 bits per heavy atom. The first-order valence-corrected chi connectivity index (χ1v) is 7.79. The highest BCUT2D eigenvalue weighted by molar-refractivity contribution is 5.51. The Morgan fingerprint density at radius 2 is 1.70 bits per heavy atom. The van der Waals surface area contributed by atoms with Crippen LogP contribution in [0, 0.1) is 5.41 Å². The van der Waals surface area contributed by atoms with Crippen LogP contribution in [0.1, 0.15) is 59.1 Å². The van der Waals surface area contributed by atoms with Crippen LogP contribution in [0.5, 0.6) is 0 Å². The summed E-state index contributed by atoms with van der Waals surface area (Å²) in [5.41, 5.74) is 3.12. The van der Waals surface area contributed by atoms with Gasteiger partial charge in [0.25, 0.3) is 0 Å². The number of aryl methyl sites for hydroxylation is 1. The lowest BCUT2D eigenvalue weighted by atomic mass is 9.97. The molecule has 0 radical (unpaired) electrons. The molecule has 0 spiro atoms. The lowest BCUT2D eigenvalue weighted by Crippen LogP contribution is -2.22. The quantitative estimate of drug-likeness (QED) is 0.759. The van der Waals surface area contributed by atoms with Gasteiger partial charge in [-0.15, -0.1) is 0 Å². The third-order valence-electron chi connectivity index (χ3n) is 2.50. The van der Waals surface area contributed by atoms with Gasteiger partial charge in [0.2, 0.25) is 0 Å². The monoisotopic (exact) mass is 277 g/mol. The third-order valence-corrected chi connectivity index (χ3v) is 2.50. The molecule has 1 heteroatoms. The van der Waals surface area contributed by atoms with E-state index < -0.39 is 0 Å². The van der Waals surface area contributed by atoms with Crippen molar-refractivity contribution in [1.82, 2.24) is 5.32 Å². The molecule has 0 aliphatic carbocycles. The lowest BCUT2D eigenvalue weighted by molar-refractivity contribution is 0.395. The van der Waals surface area contributed by atoms with Crippen LogP contribution in [0.4, 0.5) is 0 Å². The standard InChI is InChI=1S/C11H14.C6H15N.C2H6/c1-3-7-11-9-6-5-8-10(11)4-2;1-6(2,3)5-7-4;1-2/h4-6,8-9H,2-3,7H2,1H3;7H,5H2,1-4H3;1-2H3. The average Bonchev–Trinajstić information content (AvgIpc) is 2.41. The summed E-state index contributed by atoms with van der Waals surface area (Å²) < 4.78 is 0. The van der Waals surface area contributed by atoms with Crippen LogP contribution in [0.15, 0.2) is 30.8 Å². The van der Waals surface area contributed by atoms with Crippen LogP contribution in [0.25, 0.3) is 6.08 Å². The fourth-order valence-corrected chi connectivity index (χ4v) is 1.76. The Bertz CT molecular complexity index is 334. The predicted molar refractivity (Wildman–Crippen MR) is 95.3 cm³/mol. The molecule has 1 aromatic carbocycles. The Morgan fingerprint density at radius 1 is 1.15 bits per heavy atom. The molecule has 1 N–H and O–H groups in total. The maximum atomic E-state index is 3.77. The summed E-state index contributed by atoms with van der Waals surface area (Å²) in [6, 6.07) is 8.41. The smallest absolute Gasteiger partial charge is 0.000313 e. The third kappa shape index (κ3) is 12.0. The molecule has 0 saturated heterocycles. The van der Waals surface area contributed by atoms with Crippen LogP contribution in [0.3, 0.4) is 0 Å². The van der Waals surface area contributed by atoms with Crippen molar-refractivity contribution in [2.45, 2.75) is 54.4 Å². The minimum Gasteiger partial charge on any atom is -0.319 e. The minimum atomic E-state index is 0.439. The second-order valence-electron chi connectivity index (χ2n) is 5.74. The Balaban J connectivity index is 0. The Kier molecular flexibility index (Phi) is 13.7. The SMILES string of the molecule is C=Cc1ccccc1CCC.CC.CNCC(C)(C)C. The highest BCUT2D eigenvalue weighted by Gasteiger charge is 2.06. The number of benzene rings is 1. The molecule has 0 amide bonds. The van der Waals surface area contributed by atoms with E-state index in [4.69, 9.17) is 0 Å². The summed E-state index contributed by atoms with van der Waals surface area (Å²) in [5, 5.41) is 3.11. The summed E-state index contributed by atoms with van der Waals surface area (Å²) in [5.74, 6) is 0. The van der Waals surface area contributed by atoms with E-state index in [1.165, 1.54) is 17.5 Å². The van der Waals surface area contributed by atoms with E-state index in [-0.39, 0.29) is 0 Å². The number of rotatable bonds is 4. The van der Waals surface area contributed by atoms with Crippen molar-refractivity contribution in [1.29, 1.82) is 0 Å². The Hall–Kier alpha value is -1.08. The van der Waals surface area contributed by atoms with E-state index in [0.29, 0.717) is 5.41 Å². The van der Waals surface area contributed by atoms with Gasteiger partial charge in [-0.05, 0) is 36.6 Å². The molecule has 0 heterocycles. The molecule has 116 valence electrons. The highest BCUT2D eigenvalue weighted by Crippen LogP contribution is 2.11. The van der Waals surface area contributed by atoms with E-state index in [9.17, 15) is 0 Å². The van der Waals surface area contributed by atoms with Crippen LogP contribution in [-0.4, -0.2) is 13.6 Å². The van der Waals surface area contributed by atoms with E-state index >= 15 is 0 Å². The normalized spacial score (nSPS) is 9.75. The fourth-order valence-electron chi connectivity index (χ4n) is 1.76. The molecule has 1 rings (SSSR count). The maximum absolute atomic E-state index is 3.77. The molecular formula is C19H35N. The van der Waals surface area contributed by atoms with E-state index in [0.717, 1.165) is 13.0 Å². The lowest BCUT2D eigenvalue weighted by Gasteiger charge is -2.16. The Labute approximate surface area is 127 Å². The molecule has 0 bridgehead atoms. The molecular weight excluding hydrogens is 242 g/mol. The fraction of sp³-hybridized carbons (Fsp3) is 0.579. The molecule has 20 heavy (non-hydrogen) atoms. The van der Waals surface area contributed by atoms with Gasteiger partial charge in [0.1, 0.15) is 0 Å². The summed E-state index contributed by atoms with van der Waals surface area (Å²) in [7, 11) is 1.98. The van der Waals surface area contributed by atoms with Gasteiger partial charge < -0.3 is 5.32 Å². The van der Waals surface area contributed by atoms with Crippen molar-refractivity contribution < 1.29 is 0 Å². The van der Waals surface area contributed by atoms with Gasteiger partial charge in [0.15, 0.2) is 0 Å². The zero-order chi connectivity index (χ0) is 16.0. The summed E-state index contributed by atoms with van der Waals surface area (Å²) in [6.07, 6.45) is 4.28. The summed E-state index contributed by atoms with van der Waals surface area (Å²) >= 11 is 0. The van der Waals surface area contributed by atoms with Crippen molar-refractivity contribution in [2.75, 3.05) is 13.6 Å². The minimum absolute atomic E-state index is 0.439. The average molecular weight is 277 g/mol.